The SMILES string of the molecule is COc1nccnc1-c1ccc(C(=O)N2CCCC2c2cc(C)no2)cc1. The summed E-state index contributed by atoms with van der Waals surface area (Å²) in [6.45, 7) is 2.59. The maximum atomic E-state index is 13.0. The van der Waals surface area contributed by atoms with Gasteiger partial charge in [-0.1, -0.05) is 17.3 Å². The highest BCUT2D eigenvalue weighted by Gasteiger charge is 2.33. The van der Waals surface area contributed by atoms with Crippen LogP contribution < -0.4 is 4.74 Å². The zero-order valence-electron chi connectivity index (χ0n) is 15.3. The minimum atomic E-state index is -0.0570. The smallest absolute Gasteiger partial charge is 0.254 e. The summed E-state index contributed by atoms with van der Waals surface area (Å²) < 4.78 is 10.7. The number of rotatable bonds is 4. The Morgan fingerprint density at radius 2 is 2.00 bits per heavy atom. The predicted molar refractivity (Wildman–Crippen MR) is 98.3 cm³/mol. The number of likely N-dealkylation sites (tertiary alicyclic amines) is 1. The molecule has 3 heterocycles. The fourth-order valence-electron chi connectivity index (χ4n) is 3.46. The van der Waals surface area contributed by atoms with Crippen LogP contribution in [-0.4, -0.2) is 39.6 Å². The summed E-state index contributed by atoms with van der Waals surface area (Å²) in [5.74, 6) is 1.19. The number of aromatic nitrogens is 3. The Kier molecular flexibility index (Phi) is 4.58. The third-order valence-corrected chi connectivity index (χ3v) is 4.75. The molecule has 0 N–H and O–H groups in total. The number of methoxy groups -OCH3 is 1. The van der Waals surface area contributed by atoms with Crippen molar-refractivity contribution in [1.29, 1.82) is 0 Å². The molecule has 0 bridgehead atoms. The van der Waals surface area contributed by atoms with Crippen molar-refractivity contribution in [1.82, 2.24) is 20.0 Å². The van der Waals surface area contributed by atoms with Gasteiger partial charge in [-0.2, -0.15) is 0 Å². The van der Waals surface area contributed by atoms with Gasteiger partial charge in [-0.3, -0.25) is 4.79 Å². The first-order chi connectivity index (χ1) is 13.2. The van der Waals surface area contributed by atoms with E-state index in [1.54, 1.807) is 19.5 Å². The topological polar surface area (TPSA) is 81.4 Å². The average Bonchev–Trinajstić information content (AvgIpc) is 3.36. The van der Waals surface area contributed by atoms with Crippen molar-refractivity contribution in [2.24, 2.45) is 0 Å². The van der Waals surface area contributed by atoms with E-state index >= 15 is 0 Å². The van der Waals surface area contributed by atoms with Crippen molar-refractivity contribution < 1.29 is 14.1 Å². The van der Waals surface area contributed by atoms with Crippen molar-refractivity contribution in [3.8, 4) is 17.1 Å². The Bertz CT molecular complexity index is 952. The quantitative estimate of drug-likeness (QED) is 0.705. The minimum Gasteiger partial charge on any atom is -0.479 e. The third kappa shape index (κ3) is 3.28. The van der Waals surface area contributed by atoms with Crippen LogP contribution in [0.1, 0.15) is 40.7 Å². The lowest BCUT2D eigenvalue weighted by Crippen LogP contribution is -2.30. The molecule has 1 aliphatic heterocycles. The molecule has 1 saturated heterocycles. The number of amides is 1. The van der Waals surface area contributed by atoms with Gasteiger partial charge in [-0.15, -0.1) is 0 Å². The van der Waals surface area contributed by atoms with Crippen LogP contribution in [-0.2, 0) is 0 Å². The van der Waals surface area contributed by atoms with Crippen molar-refractivity contribution in [2.75, 3.05) is 13.7 Å². The van der Waals surface area contributed by atoms with Gasteiger partial charge >= 0.3 is 0 Å². The fourth-order valence-corrected chi connectivity index (χ4v) is 3.46. The van der Waals surface area contributed by atoms with Gasteiger partial charge in [-0.25, -0.2) is 9.97 Å². The second-order valence-corrected chi connectivity index (χ2v) is 6.52. The number of hydrogen-bond donors (Lipinski definition) is 0. The lowest BCUT2D eigenvalue weighted by Gasteiger charge is -2.22. The Morgan fingerprint density at radius 3 is 2.70 bits per heavy atom. The first-order valence-corrected chi connectivity index (χ1v) is 8.87. The molecule has 0 aliphatic carbocycles. The van der Waals surface area contributed by atoms with E-state index in [1.807, 2.05) is 42.2 Å². The van der Waals surface area contributed by atoms with Crippen LogP contribution in [0.25, 0.3) is 11.3 Å². The second-order valence-electron chi connectivity index (χ2n) is 6.52. The molecule has 3 aromatic rings. The number of carbonyl (C=O) groups excluding carboxylic acids is 1. The first kappa shape index (κ1) is 17.2. The summed E-state index contributed by atoms with van der Waals surface area (Å²) in [6, 6.07) is 9.20. The van der Waals surface area contributed by atoms with Gasteiger partial charge in [0, 0.05) is 36.1 Å². The van der Waals surface area contributed by atoms with Crippen LogP contribution in [0.15, 0.2) is 47.2 Å². The largest absolute Gasteiger partial charge is 0.479 e. The molecule has 0 saturated carbocycles. The van der Waals surface area contributed by atoms with Gasteiger partial charge in [0.2, 0.25) is 5.88 Å². The molecule has 2 aromatic heterocycles. The van der Waals surface area contributed by atoms with Crippen LogP contribution in [0, 0.1) is 6.92 Å². The lowest BCUT2D eigenvalue weighted by atomic mass is 10.1. The number of aryl methyl sites for hydroxylation is 1. The van der Waals surface area contributed by atoms with E-state index in [1.165, 1.54) is 0 Å². The molecule has 7 nitrogen and oxygen atoms in total. The molecule has 1 unspecified atom stereocenters. The lowest BCUT2D eigenvalue weighted by molar-refractivity contribution is 0.0714. The van der Waals surface area contributed by atoms with Crippen molar-refractivity contribution >= 4 is 5.91 Å². The van der Waals surface area contributed by atoms with Gasteiger partial charge in [0.15, 0.2) is 5.76 Å². The van der Waals surface area contributed by atoms with Crippen LogP contribution in [0.2, 0.25) is 0 Å². The summed E-state index contributed by atoms with van der Waals surface area (Å²) in [5, 5.41) is 3.95. The molecule has 138 valence electrons. The average molecular weight is 364 g/mol. The first-order valence-electron chi connectivity index (χ1n) is 8.87. The number of benzene rings is 1. The zero-order valence-corrected chi connectivity index (χ0v) is 15.3. The maximum absolute atomic E-state index is 13.0. The molecule has 27 heavy (non-hydrogen) atoms. The van der Waals surface area contributed by atoms with Gasteiger partial charge in [0.05, 0.1) is 18.8 Å². The molecule has 1 aliphatic rings. The number of carbonyl (C=O) groups is 1. The van der Waals surface area contributed by atoms with E-state index in [4.69, 9.17) is 9.26 Å². The summed E-state index contributed by atoms with van der Waals surface area (Å²) in [5.41, 5.74) is 2.95. The highest BCUT2D eigenvalue weighted by atomic mass is 16.5. The van der Waals surface area contributed by atoms with Crippen molar-refractivity contribution in [3.05, 3.63) is 59.7 Å². The van der Waals surface area contributed by atoms with Crippen LogP contribution in [0.5, 0.6) is 5.88 Å². The molecule has 4 rings (SSSR count). The van der Waals surface area contributed by atoms with Crippen molar-refractivity contribution in [2.45, 2.75) is 25.8 Å². The second kappa shape index (κ2) is 7.19. The molecule has 7 heteroatoms. The molecule has 0 radical (unpaired) electrons. The van der Waals surface area contributed by atoms with Crippen LogP contribution in [0.4, 0.5) is 0 Å². The molecule has 0 spiro atoms. The van der Waals surface area contributed by atoms with E-state index in [2.05, 4.69) is 15.1 Å². The van der Waals surface area contributed by atoms with Crippen molar-refractivity contribution in [3.63, 3.8) is 0 Å². The molecular formula is C20H20N4O3. The maximum Gasteiger partial charge on any atom is 0.254 e. The number of ether oxygens (including phenoxy) is 1. The van der Waals surface area contributed by atoms with Gasteiger partial charge < -0.3 is 14.2 Å². The molecular weight excluding hydrogens is 344 g/mol. The summed E-state index contributed by atoms with van der Waals surface area (Å²) >= 11 is 0. The fraction of sp³-hybridized carbons (Fsp3) is 0.300. The van der Waals surface area contributed by atoms with Crippen LogP contribution >= 0.6 is 0 Å². The van der Waals surface area contributed by atoms with E-state index in [0.717, 1.165) is 29.9 Å². The summed E-state index contributed by atoms with van der Waals surface area (Å²) in [6.07, 6.45) is 5.03. The van der Waals surface area contributed by atoms with E-state index in [0.29, 0.717) is 23.7 Å². The summed E-state index contributed by atoms with van der Waals surface area (Å²) in [4.78, 5) is 23.4. The highest BCUT2D eigenvalue weighted by Crippen LogP contribution is 2.34. The molecule has 1 amide bonds. The van der Waals surface area contributed by atoms with Gasteiger partial charge in [0.1, 0.15) is 5.69 Å². The van der Waals surface area contributed by atoms with Crippen LogP contribution in [0.3, 0.4) is 0 Å². The molecule has 1 aromatic carbocycles. The van der Waals surface area contributed by atoms with Gasteiger partial charge in [0.25, 0.3) is 5.91 Å². The number of nitrogens with zero attached hydrogens (tertiary/aromatic N) is 4. The van der Waals surface area contributed by atoms with Gasteiger partial charge in [-0.05, 0) is 31.9 Å². The predicted octanol–water partition coefficient (Wildman–Crippen LogP) is 3.43. The van der Waals surface area contributed by atoms with E-state index < -0.39 is 0 Å². The Morgan fingerprint density at radius 1 is 1.22 bits per heavy atom. The Hall–Kier alpha value is -3.22. The Labute approximate surface area is 157 Å². The monoisotopic (exact) mass is 364 g/mol. The summed E-state index contributed by atoms with van der Waals surface area (Å²) in [7, 11) is 1.56. The minimum absolute atomic E-state index is 0.00999. The normalized spacial score (nSPS) is 16.5. The van der Waals surface area contributed by atoms with E-state index in [-0.39, 0.29) is 11.9 Å². The molecule has 1 atom stereocenters. The third-order valence-electron chi connectivity index (χ3n) is 4.75. The standard InChI is InChI=1S/C20H20N4O3/c1-13-12-17(27-23-13)16-4-3-11-24(16)20(25)15-7-5-14(6-8-15)18-19(26-2)22-10-9-21-18/h5-10,12,16H,3-4,11H2,1-2H3. The molecule has 1 fully saturated rings. The number of hydrogen-bond acceptors (Lipinski definition) is 6. The van der Waals surface area contributed by atoms with E-state index in [9.17, 15) is 4.79 Å². The highest BCUT2D eigenvalue weighted by molar-refractivity contribution is 5.95. The Balaban J connectivity index is 1.57. The zero-order chi connectivity index (χ0) is 18.8.